The van der Waals surface area contributed by atoms with Crippen LogP contribution in [0.4, 0.5) is 0 Å². The first-order chi connectivity index (χ1) is 10.3. The highest BCUT2D eigenvalue weighted by Gasteiger charge is 2.32. The highest BCUT2D eigenvalue weighted by atomic mass is 16.1. The summed E-state index contributed by atoms with van der Waals surface area (Å²) in [6.07, 6.45) is 15.8. The van der Waals surface area contributed by atoms with Crippen LogP contribution in [0.3, 0.4) is 0 Å². The first-order valence-electron chi connectivity index (χ1n) is 9.35. The zero-order chi connectivity index (χ0) is 14.5. The van der Waals surface area contributed by atoms with Crippen molar-refractivity contribution in [2.45, 2.75) is 89.1 Å². The van der Waals surface area contributed by atoms with E-state index in [2.05, 4.69) is 10.6 Å². The van der Waals surface area contributed by atoms with Crippen molar-refractivity contribution in [2.75, 3.05) is 6.54 Å². The van der Waals surface area contributed by atoms with E-state index in [9.17, 15) is 4.79 Å². The maximum atomic E-state index is 11.8. The van der Waals surface area contributed by atoms with Crippen molar-refractivity contribution in [3.8, 4) is 0 Å². The van der Waals surface area contributed by atoms with Crippen LogP contribution < -0.4 is 10.6 Å². The Hall–Kier alpha value is -0.570. The van der Waals surface area contributed by atoms with Crippen molar-refractivity contribution in [3.63, 3.8) is 0 Å². The van der Waals surface area contributed by atoms with Gasteiger partial charge in [-0.05, 0) is 37.5 Å². The largest absolute Gasteiger partial charge is 0.353 e. The van der Waals surface area contributed by atoms with Gasteiger partial charge in [-0.25, -0.2) is 0 Å². The zero-order valence-corrected chi connectivity index (χ0v) is 13.4. The minimum absolute atomic E-state index is 0.245. The standard InChI is InChI=1S/C18H32N2O/c21-18(20-15-10-11-15)12-13-19-17-9-5-4-8-16(17)14-6-2-1-3-7-14/h14-17,19H,1-13H2,(H,20,21). The summed E-state index contributed by atoms with van der Waals surface area (Å²) in [6, 6.07) is 1.18. The number of hydrogen-bond donors (Lipinski definition) is 2. The lowest BCUT2D eigenvalue weighted by Gasteiger charge is -2.39. The number of nitrogens with one attached hydrogen (secondary N) is 2. The Bertz CT molecular complexity index is 334. The third-order valence-electron chi connectivity index (χ3n) is 5.78. The molecule has 3 saturated carbocycles. The predicted molar refractivity (Wildman–Crippen MR) is 86.1 cm³/mol. The molecule has 0 aliphatic heterocycles. The number of carbonyl (C=O) groups excluding carboxylic acids is 1. The summed E-state index contributed by atoms with van der Waals surface area (Å²) in [5.74, 6) is 2.08. The number of hydrogen-bond acceptors (Lipinski definition) is 2. The molecule has 3 rings (SSSR count). The second-order valence-corrected chi connectivity index (χ2v) is 7.50. The van der Waals surface area contributed by atoms with Gasteiger partial charge in [0, 0.05) is 25.0 Å². The van der Waals surface area contributed by atoms with Crippen LogP contribution in [0, 0.1) is 11.8 Å². The molecule has 0 heterocycles. The van der Waals surface area contributed by atoms with E-state index >= 15 is 0 Å². The molecule has 1 amide bonds. The molecule has 3 heteroatoms. The molecule has 2 unspecified atom stereocenters. The predicted octanol–water partition coefficient (Wildman–Crippen LogP) is 3.38. The van der Waals surface area contributed by atoms with E-state index in [0.29, 0.717) is 18.5 Å². The molecule has 0 aromatic heterocycles. The SMILES string of the molecule is O=C(CCNC1CCCCC1C1CCCCC1)NC1CC1. The van der Waals surface area contributed by atoms with E-state index < -0.39 is 0 Å². The summed E-state index contributed by atoms with van der Waals surface area (Å²) in [5, 5.41) is 6.82. The molecule has 120 valence electrons. The molecule has 21 heavy (non-hydrogen) atoms. The average molecular weight is 292 g/mol. The van der Waals surface area contributed by atoms with Crippen molar-refractivity contribution in [1.29, 1.82) is 0 Å². The molecule has 3 fully saturated rings. The summed E-state index contributed by atoms with van der Waals surface area (Å²) in [6.45, 7) is 0.867. The number of amides is 1. The molecule has 0 bridgehead atoms. The molecular weight excluding hydrogens is 260 g/mol. The summed E-state index contributed by atoms with van der Waals surface area (Å²) in [7, 11) is 0. The first-order valence-corrected chi connectivity index (χ1v) is 9.35. The van der Waals surface area contributed by atoms with E-state index in [4.69, 9.17) is 0 Å². The monoisotopic (exact) mass is 292 g/mol. The number of rotatable bonds is 6. The Labute approximate surface area is 129 Å². The minimum Gasteiger partial charge on any atom is -0.353 e. The molecule has 0 spiro atoms. The van der Waals surface area contributed by atoms with E-state index in [0.717, 1.165) is 18.4 Å². The van der Waals surface area contributed by atoms with Crippen LogP contribution in [-0.4, -0.2) is 24.5 Å². The van der Waals surface area contributed by atoms with Crippen molar-refractivity contribution >= 4 is 5.91 Å². The molecule has 0 saturated heterocycles. The van der Waals surface area contributed by atoms with Crippen molar-refractivity contribution in [3.05, 3.63) is 0 Å². The van der Waals surface area contributed by atoms with E-state index in [1.165, 1.54) is 70.6 Å². The fourth-order valence-electron chi connectivity index (χ4n) is 4.44. The van der Waals surface area contributed by atoms with Crippen LogP contribution in [0.15, 0.2) is 0 Å². The lowest BCUT2D eigenvalue weighted by atomic mass is 9.71. The van der Waals surface area contributed by atoms with Crippen molar-refractivity contribution < 1.29 is 4.79 Å². The fourth-order valence-corrected chi connectivity index (χ4v) is 4.44. The Morgan fingerprint density at radius 3 is 2.33 bits per heavy atom. The van der Waals surface area contributed by atoms with Crippen LogP contribution in [-0.2, 0) is 4.79 Å². The fraction of sp³-hybridized carbons (Fsp3) is 0.944. The summed E-state index contributed by atoms with van der Waals surface area (Å²) in [4.78, 5) is 11.8. The Kier molecular flexibility index (Phi) is 5.56. The molecule has 2 N–H and O–H groups in total. The van der Waals surface area contributed by atoms with Gasteiger partial charge in [0.25, 0.3) is 0 Å². The van der Waals surface area contributed by atoms with E-state index in [-0.39, 0.29) is 5.91 Å². The van der Waals surface area contributed by atoms with Gasteiger partial charge in [0.2, 0.25) is 5.91 Å². The summed E-state index contributed by atoms with van der Waals surface area (Å²) in [5.41, 5.74) is 0. The molecule has 3 nitrogen and oxygen atoms in total. The van der Waals surface area contributed by atoms with Gasteiger partial charge in [0.1, 0.15) is 0 Å². The molecule has 3 aliphatic carbocycles. The topological polar surface area (TPSA) is 41.1 Å². The van der Waals surface area contributed by atoms with E-state index in [1.807, 2.05) is 0 Å². The van der Waals surface area contributed by atoms with Gasteiger partial charge in [-0.3, -0.25) is 4.79 Å². The summed E-state index contributed by atoms with van der Waals surface area (Å²) < 4.78 is 0. The third kappa shape index (κ3) is 4.70. The van der Waals surface area contributed by atoms with Gasteiger partial charge in [0.15, 0.2) is 0 Å². The third-order valence-corrected chi connectivity index (χ3v) is 5.78. The Morgan fingerprint density at radius 2 is 1.57 bits per heavy atom. The summed E-state index contributed by atoms with van der Waals surface area (Å²) >= 11 is 0. The highest BCUT2D eigenvalue weighted by Crippen LogP contribution is 2.38. The smallest absolute Gasteiger partial charge is 0.221 e. The normalized spacial score (nSPS) is 31.0. The van der Waals surface area contributed by atoms with Crippen LogP contribution >= 0.6 is 0 Å². The lowest BCUT2D eigenvalue weighted by Crippen LogP contribution is -2.43. The quantitative estimate of drug-likeness (QED) is 0.788. The molecule has 0 radical (unpaired) electrons. The minimum atomic E-state index is 0.245. The Balaban J connectivity index is 1.41. The molecule has 2 atom stereocenters. The van der Waals surface area contributed by atoms with Crippen LogP contribution in [0.1, 0.15) is 77.0 Å². The van der Waals surface area contributed by atoms with Crippen molar-refractivity contribution in [1.82, 2.24) is 10.6 Å². The van der Waals surface area contributed by atoms with Gasteiger partial charge in [0.05, 0.1) is 0 Å². The van der Waals surface area contributed by atoms with Gasteiger partial charge in [-0.1, -0.05) is 44.9 Å². The first kappa shape index (κ1) is 15.3. The zero-order valence-electron chi connectivity index (χ0n) is 13.4. The highest BCUT2D eigenvalue weighted by molar-refractivity contribution is 5.76. The molecule has 3 aliphatic rings. The van der Waals surface area contributed by atoms with Gasteiger partial charge in [-0.2, -0.15) is 0 Å². The average Bonchev–Trinajstić information content (AvgIpc) is 3.32. The van der Waals surface area contributed by atoms with Crippen LogP contribution in [0.5, 0.6) is 0 Å². The molecule has 0 aromatic rings. The maximum absolute atomic E-state index is 11.8. The maximum Gasteiger partial charge on any atom is 0.221 e. The van der Waals surface area contributed by atoms with Gasteiger partial charge >= 0.3 is 0 Å². The second-order valence-electron chi connectivity index (χ2n) is 7.50. The lowest BCUT2D eigenvalue weighted by molar-refractivity contribution is -0.121. The van der Waals surface area contributed by atoms with Crippen LogP contribution in [0.2, 0.25) is 0 Å². The van der Waals surface area contributed by atoms with E-state index in [1.54, 1.807) is 0 Å². The van der Waals surface area contributed by atoms with Gasteiger partial charge < -0.3 is 10.6 Å². The number of carbonyl (C=O) groups is 1. The second kappa shape index (κ2) is 7.62. The van der Waals surface area contributed by atoms with Crippen LogP contribution in [0.25, 0.3) is 0 Å². The van der Waals surface area contributed by atoms with Crippen molar-refractivity contribution in [2.24, 2.45) is 11.8 Å². The van der Waals surface area contributed by atoms with Gasteiger partial charge in [-0.15, -0.1) is 0 Å². The molecular formula is C18H32N2O. The Morgan fingerprint density at radius 1 is 0.857 bits per heavy atom. The molecule has 0 aromatic carbocycles.